The summed E-state index contributed by atoms with van der Waals surface area (Å²) in [6, 6.07) is 4.94. The van der Waals surface area contributed by atoms with Gasteiger partial charge in [-0.1, -0.05) is 6.07 Å². The maximum absolute atomic E-state index is 13.4. The van der Waals surface area contributed by atoms with Crippen molar-refractivity contribution in [2.24, 2.45) is 0 Å². The summed E-state index contributed by atoms with van der Waals surface area (Å²) in [5.74, 6) is -0.237. The molecule has 0 saturated carbocycles. The molecule has 1 aromatic rings. The third-order valence-electron chi connectivity index (χ3n) is 3.91. The molecule has 1 aromatic carbocycles. The fourth-order valence-electron chi connectivity index (χ4n) is 3.16. The standard InChI is InChI=1S/C14H17FOS/c1-9-4-10(6-11(15)5-9)14(16)7-12-2-3-13(8-14)17-12/h4-6,12-13,16H,2-3,7-8H2,1H3. The van der Waals surface area contributed by atoms with Crippen LogP contribution >= 0.6 is 11.8 Å². The number of thioether (sulfide) groups is 1. The molecule has 2 saturated heterocycles. The number of halogens is 1. The van der Waals surface area contributed by atoms with Gasteiger partial charge in [-0.2, -0.15) is 11.8 Å². The molecule has 1 N–H and O–H groups in total. The topological polar surface area (TPSA) is 20.2 Å². The van der Waals surface area contributed by atoms with Crippen LogP contribution in [0.1, 0.15) is 36.8 Å². The van der Waals surface area contributed by atoms with Gasteiger partial charge >= 0.3 is 0 Å². The van der Waals surface area contributed by atoms with Gasteiger partial charge in [-0.3, -0.25) is 0 Å². The fraction of sp³-hybridized carbons (Fsp3) is 0.571. The lowest BCUT2D eigenvalue weighted by atomic mass is 9.85. The minimum Gasteiger partial charge on any atom is -0.385 e. The second-order valence-corrected chi connectivity index (χ2v) is 7.02. The highest BCUT2D eigenvalue weighted by molar-refractivity contribution is 8.00. The molecule has 0 spiro atoms. The lowest BCUT2D eigenvalue weighted by Gasteiger charge is -2.36. The molecule has 0 amide bonds. The summed E-state index contributed by atoms with van der Waals surface area (Å²) < 4.78 is 13.4. The second kappa shape index (κ2) is 3.99. The number of rotatable bonds is 1. The Labute approximate surface area is 105 Å². The first-order valence-corrected chi connectivity index (χ1v) is 7.15. The van der Waals surface area contributed by atoms with Crippen molar-refractivity contribution >= 4 is 11.8 Å². The molecule has 2 aliphatic heterocycles. The SMILES string of the molecule is Cc1cc(F)cc(C2(O)CC3CCC(C2)S3)c1. The molecule has 2 aliphatic rings. The molecular weight excluding hydrogens is 235 g/mol. The van der Waals surface area contributed by atoms with Gasteiger partial charge in [-0.15, -0.1) is 0 Å². The van der Waals surface area contributed by atoms with Gasteiger partial charge in [-0.25, -0.2) is 4.39 Å². The molecule has 2 fully saturated rings. The average molecular weight is 252 g/mol. The molecule has 17 heavy (non-hydrogen) atoms. The van der Waals surface area contributed by atoms with E-state index in [1.165, 1.54) is 25.0 Å². The molecule has 2 heterocycles. The maximum atomic E-state index is 13.4. The molecule has 0 radical (unpaired) electrons. The quantitative estimate of drug-likeness (QED) is 0.827. The van der Waals surface area contributed by atoms with Crippen LogP contribution in [0.3, 0.4) is 0 Å². The minimum atomic E-state index is -0.802. The van der Waals surface area contributed by atoms with E-state index in [-0.39, 0.29) is 5.82 Å². The molecule has 1 nitrogen and oxygen atoms in total. The lowest BCUT2D eigenvalue weighted by molar-refractivity contribution is 0.0193. The van der Waals surface area contributed by atoms with Crippen molar-refractivity contribution in [3.8, 4) is 0 Å². The largest absolute Gasteiger partial charge is 0.385 e. The summed E-state index contributed by atoms with van der Waals surface area (Å²) >= 11 is 2.00. The first-order valence-electron chi connectivity index (χ1n) is 6.21. The van der Waals surface area contributed by atoms with Gasteiger partial charge in [0.25, 0.3) is 0 Å². The summed E-state index contributed by atoms with van der Waals surface area (Å²) in [7, 11) is 0. The number of fused-ring (bicyclic) bond motifs is 2. The van der Waals surface area contributed by atoms with Gasteiger partial charge in [-0.05, 0) is 55.9 Å². The van der Waals surface area contributed by atoms with E-state index >= 15 is 0 Å². The van der Waals surface area contributed by atoms with E-state index in [1.54, 1.807) is 0 Å². The van der Waals surface area contributed by atoms with Crippen LogP contribution in [0.15, 0.2) is 18.2 Å². The fourth-order valence-corrected chi connectivity index (χ4v) is 4.99. The Morgan fingerprint density at radius 2 is 1.88 bits per heavy atom. The zero-order valence-electron chi connectivity index (χ0n) is 9.95. The Kier molecular flexibility index (Phi) is 2.71. The zero-order chi connectivity index (χ0) is 12.0. The molecule has 0 aliphatic carbocycles. The molecule has 0 aromatic heterocycles. The van der Waals surface area contributed by atoms with Crippen LogP contribution in [0.2, 0.25) is 0 Å². The number of benzene rings is 1. The number of hydrogen-bond donors (Lipinski definition) is 1. The first kappa shape index (κ1) is 11.5. The van der Waals surface area contributed by atoms with Gasteiger partial charge < -0.3 is 5.11 Å². The van der Waals surface area contributed by atoms with Crippen molar-refractivity contribution in [3.63, 3.8) is 0 Å². The Morgan fingerprint density at radius 3 is 2.47 bits per heavy atom. The van der Waals surface area contributed by atoms with Crippen molar-refractivity contribution in [3.05, 3.63) is 35.1 Å². The van der Waals surface area contributed by atoms with E-state index in [4.69, 9.17) is 0 Å². The van der Waals surface area contributed by atoms with Crippen LogP contribution in [0.4, 0.5) is 4.39 Å². The summed E-state index contributed by atoms with van der Waals surface area (Å²) in [5.41, 5.74) is 0.857. The smallest absolute Gasteiger partial charge is 0.123 e. The van der Waals surface area contributed by atoms with Crippen LogP contribution < -0.4 is 0 Å². The van der Waals surface area contributed by atoms with Gasteiger partial charge in [0.2, 0.25) is 0 Å². The Hall–Kier alpha value is -0.540. The molecule has 3 rings (SSSR count). The van der Waals surface area contributed by atoms with Gasteiger partial charge in [0, 0.05) is 10.5 Å². The van der Waals surface area contributed by atoms with E-state index in [2.05, 4.69) is 0 Å². The maximum Gasteiger partial charge on any atom is 0.123 e. The predicted octanol–water partition coefficient (Wildman–Crippen LogP) is 3.38. The van der Waals surface area contributed by atoms with Crippen molar-refractivity contribution in [2.45, 2.75) is 48.7 Å². The Balaban J connectivity index is 1.96. The van der Waals surface area contributed by atoms with Gasteiger partial charge in [0.1, 0.15) is 5.82 Å². The van der Waals surface area contributed by atoms with Gasteiger partial charge in [0.05, 0.1) is 5.60 Å². The van der Waals surface area contributed by atoms with Crippen molar-refractivity contribution < 1.29 is 9.50 Å². The van der Waals surface area contributed by atoms with Crippen LogP contribution in [0, 0.1) is 12.7 Å². The highest BCUT2D eigenvalue weighted by Crippen LogP contribution is 2.51. The number of aryl methyl sites for hydroxylation is 1. The van der Waals surface area contributed by atoms with Crippen molar-refractivity contribution in [1.29, 1.82) is 0 Å². The van der Waals surface area contributed by atoms with E-state index in [0.717, 1.165) is 24.0 Å². The zero-order valence-corrected chi connectivity index (χ0v) is 10.8. The molecule has 2 atom stereocenters. The molecule has 3 heteroatoms. The van der Waals surface area contributed by atoms with E-state index in [9.17, 15) is 9.50 Å². The van der Waals surface area contributed by atoms with Crippen LogP contribution in [0.5, 0.6) is 0 Å². The first-order chi connectivity index (χ1) is 8.05. The van der Waals surface area contributed by atoms with Crippen LogP contribution in [0.25, 0.3) is 0 Å². The van der Waals surface area contributed by atoms with E-state index < -0.39 is 5.60 Å². The molecule has 92 valence electrons. The summed E-state index contributed by atoms with van der Waals surface area (Å²) in [5, 5.41) is 11.9. The van der Waals surface area contributed by atoms with Crippen molar-refractivity contribution in [1.82, 2.24) is 0 Å². The normalized spacial score (nSPS) is 36.2. The van der Waals surface area contributed by atoms with Gasteiger partial charge in [0.15, 0.2) is 0 Å². The van der Waals surface area contributed by atoms with Crippen molar-refractivity contribution in [2.75, 3.05) is 0 Å². The van der Waals surface area contributed by atoms with E-state index in [1.807, 2.05) is 24.8 Å². The second-order valence-electron chi connectivity index (χ2n) is 5.41. The van der Waals surface area contributed by atoms with Crippen LogP contribution in [-0.2, 0) is 5.60 Å². The third-order valence-corrected chi connectivity index (χ3v) is 5.48. The Morgan fingerprint density at radius 1 is 1.24 bits per heavy atom. The number of aliphatic hydroxyl groups is 1. The predicted molar refractivity (Wildman–Crippen MR) is 68.7 cm³/mol. The molecular formula is C14H17FOS. The highest BCUT2D eigenvalue weighted by atomic mass is 32.2. The number of hydrogen-bond acceptors (Lipinski definition) is 2. The third kappa shape index (κ3) is 2.11. The average Bonchev–Trinajstić information content (AvgIpc) is 2.57. The monoisotopic (exact) mass is 252 g/mol. The minimum absolute atomic E-state index is 0.237. The summed E-state index contributed by atoms with van der Waals surface area (Å²) in [6.45, 7) is 1.88. The highest BCUT2D eigenvalue weighted by Gasteiger charge is 2.44. The summed E-state index contributed by atoms with van der Waals surface area (Å²) in [4.78, 5) is 0. The van der Waals surface area contributed by atoms with Crippen LogP contribution in [-0.4, -0.2) is 15.6 Å². The molecule has 2 bridgehead atoms. The molecule has 2 unspecified atom stereocenters. The summed E-state index contributed by atoms with van der Waals surface area (Å²) in [6.07, 6.45) is 3.95. The Bertz CT molecular complexity index is 414. The van der Waals surface area contributed by atoms with E-state index in [0.29, 0.717) is 10.5 Å². The lowest BCUT2D eigenvalue weighted by Crippen LogP contribution is -2.34.